The van der Waals surface area contributed by atoms with Crippen molar-refractivity contribution < 1.29 is 14.2 Å². The number of aromatic nitrogens is 16. The van der Waals surface area contributed by atoms with E-state index in [2.05, 4.69) is 189 Å². The summed E-state index contributed by atoms with van der Waals surface area (Å²) in [5, 5.41) is 23.4. The highest BCUT2D eigenvalue weighted by Crippen LogP contribution is 2.50. The zero-order chi connectivity index (χ0) is 94.4. The van der Waals surface area contributed by atoms with Crippen molar-refractivity contribution in [3.63, 3.8) is 0 Å². The van der Waals surface area contributed by atoms with Crippen molar-refractivity contribution in [2.45, 2.75) is 183 Å². The van der Waals surface area contributed by atoms with Crippen LogP contribution in [0.25, 0.3) is 22.7 Å². The first-order valence-electron chi connectivity index (χ1n) is 46.7. The third-order valence-corrected chi connectivity index (χ3v) is 26.4. The molecule has 0 aliphatic carbocycles. The maximum Gasteiger partial charge on any atom is 0.229 e. The van der Waals surface area contributed by atoms with E-state index in [-0.39, 0.29) is 12.0 Å². The molecule has 0 amide bonds. The molecule has 12 aromatic rings. The number of hydrogen-bond donors (Lipinski definition) is 4. The van der Waals surface area contributed by atoms with Gasteiger partial charge in [0.25, 0.3) is 0 Å². The number of rotatable bonds is 21. The Kier molecular flexibility index (Phi) is 26.2. The average molecular weight is 1810 g/mol. The summed E-state index contributed by atoms with van der Waals surface area (Å²) in [7, 11) is 13.4. The lowest BCUT2D eigenvalue weighted by atomic mass is 9.96. The van der Waals surface area contributed by atoms with E-state index in [9.17, 15) is 5.26 Å². The number of imidazole rings is 4. The van der Waals surface area contributed by atoms with Crippen LogP contribution in [-0.4, -0.2) is 178 Å². The monoisotopic (exact) mass is 1800 g/mol. The zero-order valence-electron chi connectivity index (χ0n) is 80.6. The number of ether oxygens (including phenoxy) is 3. The Hall–Kier alpha value is -14.5. The van der Waals surface area contributed by atoms with Crippen molar-refractivity contribution in [1.29, 1.82) is 5.26 Å². The summed E-state index contributed by atoms with van der Waals surface area (Å²) < 4.78 is 24.8. The quantitative estimate of drug-likeness (QED) is 0.0519. The van der Waals surface area contributed by atoms with E-state index < -0.39 is 0 Å². The second-order valence-corrected chi connectivity index (χ2v) is 37.0. The lowest BCUT2D eigenvalue weighted by Gasteiger charge is -2.46. The van der Waals surface area contributed by atoms with Crippen LogP contribution in [0.15, 0.2) is 172 Å². The largest absolute Gasteiger partial charge is 0.494 e. The molecule has 20 rings (SSSR count). The molecular formula is C102H125N29O3. The number of nitrogens with one attached hydrogen (secondary N) is 4. The van der Waals surface area contributed by atoms with Gasteiger partial charge in [0, 0.05) is 143 Å². The Labute approximate surface area is 786 Å². The highest BCUT2D eigenvalue weighted by atomic mass is 16.5. The van der Waals surface area contributed by atoms with Gasteiger partial charge in [-0.25, -0.2) is 39.9 Å². The summed E-state index contributed by atoms with van der Waals surface area (Å²) in [4.78, 5) is 75.2. The summed E-state index contributed by atoms with van der Waals surface area (Å²) in [6, 6.07) is 27.2. The predicted octanol–water partition coefficient (Wildman–Crippen LogP) is 19.0. The van der Waals surface area contributed by atoms with Crippen molar-refractivity contribution in [2.75, 3.05) is 136 Å². The van der Waals surface area contributed by atoms with Gasteiger partial charge in [0.1, 0.15) is 46.1 Å². The lowest BCUT2D eigenvalue weighted by molar-refractivity contribution is 0.413. The number of benzene rings is 4. The molecule has 696 valence electrons. The van der Waals surface area contributed by atoms with Crippen LogP contribution >= 0.6 is 0 Å². The Bertz CT molecular complexity index is 6490. The summed E-state index contributed by atoms with van der Waals surface area (Å²) in [5.41, 5.74) is 24.2. The molecule has 4 atom stereocenters. The summed E-state index contributed by atoms with van der Waals surface area (Å²) >= 11 is 0. The fourth-order valence-corrected chi connectivity index (χ4v) is 19.7. The van der Waals surface area contributed by atoms with Crippen LogP contribution in [0.4, 0.5) is 92.6 Å². The molecule has 16 heterocycles. The smallest absolute Gasteiger partial charge is 0.229 e. The van der Waals surface area contributed by atoms with E-state index in [0.29, 0.717) is 59.3 Å². The Balaban J connectivity index is 0.000000124. The fourth-order valence-electron chi connectivity index (χ4n) is 19.7. The van der Waals surface area contributed by atoms with Gasteiger partial charge in [-0.15, -0.1) is 0 Å². The number of anilines is 16. The third kappa shape index (κ3) is 18.1. The summed E-state index contributed by atoms with van der Waals surface area (Å²) in [6.45, 7) is 44.7. The molecule has 0 saturated carbocycles. The number of aryl methyl sites for hydroxylation is 5. The Morgan fingerprint density at radius 1 is 0.388 bits per heavy atom. The first-order valence-corrected chi connectivity index (χ1v) is 46.7. The molecule has 4 saturated heterocycles. The van der Waals surface area contributed by atoms with Crippen LogP contribution in [0.1, 0.15) is 163 Å². The maximum atomic E-state index is 9.77. The van der Waals surface area contributed by atoms with Crippen LogP contribution in [0.3, 0.4) is 0 Å². The minimum atomic E-state index is 0.248. The molecule has 0 bridgehead atoms. The molecule has 32 nitrogen and oxygen atoms in total. The number of nitriles is 1. The minimum absolute atomic E-state index is 0.248. The van der Waals surface area contributed by atoms with Crippen molar-refractivity contribution in [2.24, 2.45) is 11.8 Å². The van der Waals surface area contributed by atoms with Gasteiger partial charge in [-0.05, 0) is 177 Å². The second-order valence-electron chi connectivity index (χ2n) is 37.0. The number of methoxy groups -OCH3 is 3. The first kappa shape index (κ1) is 91.4. The van der Waals surface area contributed by atoms with E-state index in [1.807, 2.05) is 144 Å². The molecule has 32 heteroatoms. The normalized spacial score (nSPS) is 17.3. The van der Waals surface area contributed by atoms with E-state index in [1.165, 1.54) is 12.8 Å². The van der Waals surface area contributed by atoms with Gasteiger partial charge in [0.2, 0.25) is 23.8 Å². The average Bonchev–Trinajstić information content (AvgIpc) is 1.63. The SMILES string of the molecule is C=C1C2CCCCN2c2nc(Nc3ccc(-n4cnc(C)c4)c(OC)c3)nc(CC)c2N1C.C=C1C2CCCN2c2nc(Nc3ccc(-n4cnc(C)c4)c(C#N)c3)nc(CC(C)C)c2N1C.C=C1C2CCCN2c2nc(Nc3ccc(-n4cnc(C)c4)c(OC)c3)nc(C(C)C)c2N1C.C=C1C2CCCN2c2nc(Nc3ccc(-n4cnc(C)c4)c(OC)c3)nc(CC(C)C)c2N1C. The number of fused-ring (bicyclic) bond motifs is 12. The van der Waals surface area contributed by atoms with Crippen molar-refractivity contribution in [3.8, 4) is 46.1 Å². The Morgan fingerprint density at radius 2 is 0.687 bits per heavy atom. The third-order valence-electron chi connectivity index (χ3n) is 26.4. The minimum Gasteiger partial charge on any atom is -0.494 e. The topological polar surface area (TPSA) is 300 Å². The molecule has 4 fully saturated rings. The van der Waals surface area contributed by atoms with Crippen LogP contribution < -0.4 is 74.7 Å². The van der Waals surface area contributed by atoms with Gasteiger partial charge < -0.3 is 92.9 Å². The molecular weight excluding hydrogens is 1680 g/mol. The highest BCUT2D eigenvalue weighted by molar-refractivity contribution is 5.84. The molecule has 4 aromatic carbocycles. The van der Waals surface area contributed by atoms with E-state index in [1.54, 1.807) is 46.6 Å². The highest BCUT2D eigenvalue weighted by Gasteiger charge is 2.44. The second kappa shape index (κ2) is 38.4. The van der Waals surface area contributed by atoms with E-state index >= 15 is 0 Å². The van der Waals surface area contributed by atoms with Crippen molar-refractivity contribution >= 4 is 92.6 Å². The molecule has 8 aromatic heterocycles. The van der Waals surface area contributed by atoms with Gasteiger partial charge in [0.15, 0.2) is 23.3 Å². The van der Waals surface area contributed by atoms with Gasteiger partial charge >= 0.3 is 0 Å². The van der Waals surface area contributed by atoms with Gasteiger partial charge in [-0.1, -0.05) is 74.8 Å². The van der Waals surface area contributed by atoms with Gasteiger partial charge in [0.05, 0.1) is 145 Å². The van der Waals surface area contributed by atoms with Crippen molar-refractivity contribution in [3.05, 3.63) is 223 Å². The fraction of sp³-hybridized carbons (Fsp3) is 0.402. The number of likely N-dealkylation sites (N-methyl/N-ethyl adjacent to an activating group) is 4. The maximum absolute atomic E-state index is 9.77. The molecule has 134 heavy (non-hydrogen) atoms. The van der Waals surface area contributed by atoms with Crippen LogP contribution in [0, 0.1) is 50.9 Å². The predicted molar refractivity (Wildman–Crippen MR) is 536 cm³/mol. The standard InChI is InChI=1S/C26H30N8.C26H33N7O.2C25H31N7O/c1-16(2)11-21-24-25(34-10-6-7-22(34)18(4)32(24)5)31-26(30-21)29-20-8-9-23(19(12-20)13-27)33-14-17(3)28-15-33;1-16(2)12-20-24-25(33-11-7-8-21(33)18(4)31(24)5)30-26(29-20)28-19-9-10-22(23(13-19)34-6)32-14-17(3)27-15-32;1-15(2)22-23-24(32-11-7-8-19(32)17(4)30(23)5)29-25(28-22)27-18-9-10-20(21(12-18)33-6)31-13-16(3)26-14-31;1-6-19-23-24(32-12-8-7-9-20(32)17(3)30(23)4)29-25(28-19)27-18-10-11-21(22(13-18)33-5)31-14-16(2)26-15-31/h8-9,12,14-16,22H,4,6-7,10-11H2,1-3,5H3,(H,29,30,31);9-10,13-16,21H,4,7-8,11-12H2,1-3,5-6H3,(H,28,29,30);9-10,12-15,19H,4,7-8,11H2,1-3,5-6H3,(H,27,28,29);10-11,13-15,20H,3,6-9,12H2,1-2,4-5H3,(H,27,28,29). The van der Waals surface area contributed by atoms with Crippen LogP contribution in [0.2, 0.25) is 0 Å². The summed E-state index contributed by atoms with van der Waals surface area (Å²) in [5.74, 6) is 9.74. The van der Waals surface area contributed by atoms with Crippen LogP contribution in [0.5, 0.6) is 17.2 Å². The van der Waals surface area contributed by atoms with E-state index in [4.69, 9.17) is 54.1 Å². The van der Waals surface area contributed by atoms with Crippen LogP contribution in [-0.2, 0) is 19.3 Å². The number of hydrogen-bond acceptors (Lipinski definition) is 28. The van der Waals surface area contributed by atoms with Gasteiger partial charge in [-0.2, -0.15) is 25.2 Å². The number of nitrogens with zero attached hydrogens (tertiary/aromatic N) is 25. The summed E-state index contributed by atoms with van der Waals surface area (Å²) in [6.07, 6.45) is 27.7. The van der Waals surface area contributed by atoms with E-state index in [0.717, 1.165) is 267 Å². The molecule has 8 aliphatic rings. The van der Waals surface area contributed by atoms with Gasteiger partial charge in [-0.3, -0.25) is 0 Å². The zero-order valence-corrected chi connectivity index (χ0v) is 80.6. The molecule has 0 radical (unpaired) electrons. The Morgan fingerprint density at radius 3 is 1.01 bits per heavy atom. The molecule has 4 unspecified atom stereocenters. The first-order chi connectivity index (χ1) is 64.6. The molecule has 0 spiro atoms. The van der Waals surface area contributed by atoms with Crippen molar-refractivity contribution in [1.82, 2.24) is 78.1 Å². The lowest BCUT2D eigenvalue weighted by Crippen LogP contribution is -2.49. The molecule has 8 aliphatic heterocycles. The molecule has 4 N–H and O–H groups in total. The number of piperidine rings is 1.